The molecule has 0 bridgehead atoms. The molecule has 1 heterocycles. The summed E-state index contributed by atoms with van der Waals surface area (Å²) in [5.74, 6) is 1.55. The highest BCUT2D eigenvalue weighted by molar-refractivity contribution is 5.86. The zero-order valence-corrected chi connectivity index (χ0v) is 15.5. The molecular weight excluding hydrogens is 304 g/mol. The second-order valence-corrected chi connectivity index (χ2v) is 7.01. The van der Waals surface area contributed by atoms with E-state index in [1.54, 1.807) is 6.26 Å². The van der Waals surface area contributed by atoms with Crippen molar-refractivity contribution in [1.29, 1.82) is 0 Å². The number of guanidine groups is 1. The number of likely N-dealkylation sites (N-methyl/N-ethyl adjacent to an activating group) is 1. The van der Waals surface area contributed by atoms with Crippen molar-refractivity contribution < 1.29 is 9.21 Å². The molecule has 0 aliphatic rings. The van der Waals surface area contributed by atoms with Gasteiger partial charge in [0, 0.05) is 25.6 Å². The van der Waals surface area contributed by atoms with Gasteiger partial charge in [0.15, 0.2) is 5.96 Å². The van der Waals surface area contributed by atoms with Crippen molar-refractivity contribution in [2.75, 3.05) is 26.7 Å². The fraction of sp³-hybridized carbons (Fsp3) is 0.556. The second-order valence-electron chi connectivity index (χ2n) is 7.01. The van der Waals surface area contributed by atoms with Crippen molar-refractivity contribution in [1.82, 2.24) is 15.5 Å². The first-order valence-corrected chi connectivity index (χ1v) is 8.14. The van der Waals surface area contributed by atoms with Gasteiger partial charge in [-0.05, 0) is 39.8 Å². The van der Waals surface area contributed by atoms with Gasteiger partial charge in [0.2, 0.25) is 5.91 Å². The molecular formula is C18H30N4O2. The monoisotopic (exact) mass is 334 g/mol. The van der Waals surface area contributed by atoms with E-state index in [4.69, 9.17) is 4.42 Å². The Morgan fingerprint density at radius 1 is 1.42 bits per heavy atom. The minimum atomic E-state index is -0.250. The second kappa shape index (κ2) is 9.15. The van der Waals surface area contributed by atoms with Crippen LogP contribution in [0, 0.1) is 0 Å². The fourth-order valence-electron chi connectivity index (χ4n) is 2.02. The van der Waals surface area contributed by atoms with E-state index >= 15 is 0 Å². The average molecular weight is 334 g/mol. The molecule has 0 spiro atoms. The summed E-state index contributed by atoms with van der Waals surface area (Å²) in [6.45, 7) is 13.1. The van der Waals surface area contributed by atoms with Crippen LogP contribution in [0.5, 0.6) is 0 Å². The quantitative estimate of drug-likeness (QED) is 0.456. The molecule has 6 nitrogen and oxygen atoms in total. The third kappa shape index (κ3) is 8.41. The number of hydrogen-bond acceptors (Lipinski definition) is 3. The van der Waals surface area contributed by atoms with E-state index in [1.807, 2.05) is 51.8 Å². The summed E-state index contributed by atoms with van der Waals surface area (Å²) in [7, 11) is 1.85. The Morgan fingerprint density at radius 2 is 2.12 bits per heavy atom. The Morgan fingerprint density at radius 3 is 2.67 bits per heavy atom. The number of rotatable bonds is 7. The van der Waals surface area contributed by atoms with Crippen LogP contribution in [0.3, 0.4) is 0 Å². The van der Waals surface area contributed by atoms with E-state index in [0.29, 0.717) is 19.0 Å². The Balaban J connectivity index is 2.61. The van der Waals surface area contributed by atoms with E-state index in [1.165, 1.54) is 0 Å². The molecule has 0 fully saturated rings. The van der Waals surface area contributed by atoms with Crippen LogP contribution in [-0.2, 0) is 11.2 Å². The Labute approximate surface area is 145 Å². The van der Waals surface area contributed by atoms with Gasteiger partial charge in [-0.15, -0.1) is 0 Å². The van der Waals surface area contributed by atoms with E-state index in [0.717, 1.165) is 17.8 Å². The zero-order valence-electron chi connectivity index (χ0n) is 15.5. The molecule has 0 atom stereocenters. The maximum Gasteiger partial charge on any atom is 0.240 e. The highest BCUT2D eigenvalue weighted by Gasteiger charge is 2.16. The van der Waals surface area contributed by atoms with E-state index in [-0.39, 0.29) is 18.0 Å². The van der Waals surface area contributed by atoms with Gasteiger partial charge in [-0.1, -0.05) is 12.2 Å². The number of furan rings is 1. The number of carbonyl (C=O) groups excluding carboxylic acids is 1. The van der Waals surface area contributed by atoms with Crippen molar-refractivity contribution in [3.05, 3.63) is 36.3 Å². The van der Waals surface area contributed by atoms with Gasteiger partial charge in [0.05, 0.1) is 19.4 Å². The lowest BCUT2D eigenvalue weighted by Crippen LogP contribution is -2.49. The third-order valence-corrected chi connectivity index (χ3v) is 2.99. The van der Waals surface area contributed by atoms with Gasteiger partial charge < -0.3 is 20.0 Å². The van der Waals surface area contributed by atoms with Crippen LogP contribution < -0.4 is 10.6 Å². The molecule has 1 aromatic heterocycles. The maximum absolute atomic E-state index is 12.1. The first-order valence-electron chi connectivity index (χ1n) is 8.14. The largest absolute Gasteiger partial charge is 0.469 e. The maximum atomic E-state index is 12.1. The molecule has 0 saturated heterocycles. The molecule has 2 N–H and O–H groups in total. The summed E-state index contributed by atoms with van der Waals surface area (Å²) < 4.78 is 5.32. The predicted molar refractivity (Wildman–Crippen MR) is 98.1 cm³/mol. The summed E-state index contributed by atoms with van der Waals surface area (Å²) >= 11 is 0. The van der Waals surface area contributed by atoms with Crippen molar-refractivity contribution >= 4 is 11.9 Å². The molecule has 0 unspecified atom stereocenters. The number of hydrogen-bond donors (Lipinski definition) is 2. The lowest BCUT2D eigenvalue weighted by Gasteiger charge is -2.25. The van der Waals surface area contributed by atoms with Crippen LogP contribution >= 0.6 is 0 Å². The topological polar surface area (TPSA) is 69.9 Å². The average Bonchev–Trinajstić information content (AvgIpc) is 2.92. The van der Waals surface area contributed by atoms with E-state index < -0.39 is 0 Å². The molecule has 134 valence electrons. The van der Waals surface area contributed by atoms with Crippen molar-refractivity contribution in [2.45, 2.75) is 39.7 Å². The summed E-state index contributed by atoms with van der Waals surface area (Å²) in [6.07, 6.45) is 2.41. The summed E-state index contributed by atoms with van der Waals surface area (Å²) in [5.41, 5.74) is 0.715. The molecule has 24 heavy (non-hydrogen) atoms. The molecule has 1 aromatic rings. The molecule has 6 heteroatoms. The lowest BCUT2D eigenvalue weighted by molar-refractivity contribution is -0.122. The number of nitrogens with one attached hydrogen (secondary N) is 2. The van der Waals surface area contributed by atoms with Crippen LogP contribution in [0.1, 0.15) is 33.5 Å². The van der Waals surface area contributed by atoms with E-state index in [2.05, 4.69) is 22.2 Å². The van der Waals surface area contributed by atoms with Crippen molar-refractivity contribution in [3.63, 3.8) is 0 Å². The van der Waals surface area contributed by atoms with Crippen molar-refractivity contribution in [3.8, 4) is 0 Å². The summed E-state index contributed by atoms with van der Waals surface area (Å²) in [4.78, 5) is 18.4. The molecule has 1 amide bonds. The fourth-order valence-corrected chi connectivity index (χ4v) is 2.02. The van der Waals surface area contributed by atoms with Crippen LogP contribution in [0.4, 0.5) is 0 Å². The van der Waals surface area contributed by atoms with Gasteiger partial charge >= 0.3 is 0 Å². The van der Waals surface area contributed by atoms with Crippen LogP contribution in [0.2, 0.25) is 0 Å². The first kappa shape index (κ1) is 19.8. The van der Waals surface area contributed by atoms with Gasteiger partial charge in [-0.25, -0.2) is 4.99 Å². The Hall–Kier alpha value is -2.24. The number of carbonyl (C=O) groups is 1. The molecule has 0 radical (unpaired) electrons. The molecule has 1 rings (SSSR count). The molecule has 0 saturated carbocycles. The Kier molecular flexibility index (Phi) is 7.55. The SMILES string of the molecule is C=C(C)CN=C(NCCc1ccco1)N(C)CC(=O)NC(C)(C)C. The molecule has 0 aliphatic heterocycles. The molecule has 0 aromatic carbocycles. The van der Waals surface area contributed by atoms with Gasteiger partial charge in [-0.2, -0.15) is 0 Å². The number of amides is 1. The minimum absolute atomic E-state index is 0.0409. The first-order chi connectivity index (χ1) is 11.2. The van der Waals surface area contributed by atoms with Gasteiger partial charge in [-0.3, -0.25) is 4.79 Å². The standard InChI is InChI=1S/C18H30N4O2/c1-14(2)12-20-17(19-10-9-15-8-7-11-24-15)22(6)13-16(23)21-18(3,4)5/h7-8,11H,1,9-10,12-13H2,2-6H3,(H,19,20)(H,21,23). The van der Waals surface area contributed by atoms with Crippen LogP contribution in [0.15, 0.2) is 40.0 Å². The molecule has 0 aliphatic carbocycles. The highest BCUT2D eigenvalue weighted by atomic mass is 16.3. The van der Waals surface area contributed by atoms with Gasteiger partial charge in [0.1, 0.15) is 5.76 Å². The predicted octanol–water partition coefficient (Wildman–Crippen LogP) is 2.19. The van der Waals surface area contributed by atoms with Crippen LogP contribution in [-0.4, -0.2) is 49.0 Å². The summed E-state index contributed by atoms with van der Waals surface area (Å²) in [5, 5.41) is 6.23. The number of aliphatic imine (C=N–C) groups is 1. The van der Waals surface area contributed by atoms with E-state index in [9.17, 15) is 4.79 Å². The lowest BCUT2D eigenvalue weighted by atomic mass is 10.1. The highest BCUT2D eigenvalue weighted by Crippen LogP contribution is 2.01. The zero-order chi connectivity index (χ0) is 18.2. The minimum Gasteiger partial charge on any atom is -0.469 e. The third-order valence-electron chi connectivity index (χ3n) is 2.99. The van der Waals surface area contributed by atoms with Crippen LogP contribution in [0.25, 0.3) is 0 Å². The van der Waals surface area contributed by atoms with Gasteiger partial charge in [0.25, 0.3) is 0 Å². The Bertz CT molecular complexity index is 556. The number of nitrogens with zero attached hydrogens (tertiary/aromatic N) is 2. The normalized spacial score (nSPS) is 12.0. The summed E-state index contributed by atoms with van der Waals surface area (Å²) in [6, 6.07) is 3.81. The smallest absolute Gasteiger partial charge is 0.240 e. The van der Waals surface area contributed by atoms with Crippen molar-refractivity contribution in [2.24, 2.45) is 4.99 Å².